The van der Waals surface area contributed by atoms with Crippen LogP contribution in [0.25, 0.3) is 38.0 Å². The third-order valence-electron chi connectivity index (χ3n) is 11.9. The SMILES string of the molecule is C.C.C.C.CC(C)(C)c1ccc2nc(C(C)(C)C)[nH]c2c1.CC(C)(C)c1ccc2nc(C(C)(C)C)cn2c1.CC(C)(C)c1ccc2nc(C(C)(C)C)oc2c1.CC(C)(C)c1ccc2nc(C(C)(C)C)sc2c1. The van der Waals surface area contributed by atoms with Gasteiger partial charge >= 0.3 is 0 Å². The largest absolute Gasteiger partial charge is 0.440 e. The Morgan fingerprint density at radius 1 is 0.417 bits per heavy atom. The number of aromatic nitrogens is 6. The summed E-state index contributed by atoms with van der Waals surface area (Å²) >= 11 is 1.82. The Labute approximate surface area is 443 Å². The summed E-state index contributed by atoms with van der Waals surface area (Å²) in [6.45, 7) is 52.9. The van der Waals surface area contributed by atoms with Gasteiger partial charge in [0.1, 0.15) is 17.0 Å². The quantitative estimate of drug-likeness (QED) is 0.164. The molecule has 0 amide bonds. The minimum atomic E-state index is -0.0408. The molecule has 8 rings (SSSR count). The fourth-order valence-corrected chi connectivity index (χ4v) is 8.11. The number of pyridine rings is 1. The van der Waals surface area contributed by atoms with Gasteiger partial charge in [-0.25, -0.2) is 19.9 Å². The summed E-state index contributed by atoms with van der Waals surface area (Å²) in [5, 5.41) is 1.22. The second kappa shape index (κ2) is 22.7. The van der Waals surface area contributed by atoms with E-state index in [9.17, 15) is 0 Å². The van der Waals surface area contributed by atoms with Crippen molar-refractivity contribution in [1.82, 2.24) is 29.3 Å². The molecule has 0 unspecified atom stereocenters. The Balaban J connectivity index is 0.000000471. The number of nitrogens with zero attached hydrogens (tertiary/aromatic N) is 5. The third-order valence-corrected chi connectivity index (χ3v) is 13.4. The molecule has 5 heterocycles. The van der Waals surface area contributed by atoms with Gasteiger partial charge in [0.2, 0.25) is 5.89 Å². The zero-order valence-electron chi connectivity index (χ0n) is 46.6. The van der Waals surface area contributed by atoms with E-state index in [1.165, 1.54) is 32.0 Å². The number of H-pyrrole nitrogens is 1. The maximum Gasteiger partial charge on any atom is 0.200 e. The first-order chi connectivity index (χ1) is 30.7. The van der Waals surface area contributed by atoms with E-state index in [0.717, 1.165) is 50.7 Å². The van der Waals surface area contributed by atoms with Crippen molar-refractivity contribution in [2.45, 2.75) is 239 Å². The molecule has 7 nitrogen and oxygen atoms in total. The number of hydrogen-bond acceptors (Lipinski definition) is 6. The van der Waals surface area contributed by atoms with Gasteiger partial charge in [0.05, 0.1) is 32.0 Å². The average molecular weight is 1000 g/mol. The van der Waals surface area contributed by atoms with Crippen molar-refractivity contribution in [2.75, 3.05) is 0 Å². The van der Waals surface area contributed by atoms with E-state index < -0.39 is 0 Å². The van der Waals surface area contributed by atoms with Crippen LogP contribution < -0.4 is 0 Å². The van der Waals surface area contributed by atoms with Crippen LogP contribution in [0.3, 0.4) is 0 Å². The van der Waals surface area contributed by atoms with Crippen molar-refractivity contribution in [3.8, 4) is 0 Å². The van der Waals surface area contributed by atoms with Crippen LogP contribution in [0.1, 0.15) is 241 Å². The number of thiazole rings is 1. The van der Waals surface area contributed by atoms with Crippen LogP contribution in [-0.2, 0) is 43.3 Å². The number of fused-ring (bicyclic) bond motifs is 4. The van der Waals surface area contributed by atoms with Crippen LogP contribution in [0, 0.1) is 0 Å². The van der Waals surface area contributed by atoms with Gasteiger partial charge in [-0.2, -0.15) is 0 Å². The molecule has 8 heteroatoms. The first kappa shape index (κ1) is 65.2. The van der Waals surface area contributed by atoms with Gasteiger partial charge in [-0.05, 0) is 86.4 Å². The Bertz CT molecular complexity index is 2510. The molecule has 0 aliphatic carbocycles. The van der Waals surface area contributed by atoms with E-state index in [1.807, 2.05) is 11.3 Å². The molecule has 0 aliphatic rings. The summed E-state index contributed by atoms with van der Waals surface area (Å²) in [6.07, 6.45) is 4.34. The third kappa shape index (κ3) is 16.6. The van der Waals surface area contributed by atoms with Crippen molar-refractivity contribution in [1.29, 1.82) is 0 Å². The monoisotopic (exact) mass is 1000 g/mol. The smallest absolute Gasteiger partial charge is 0.200 e. The Kier molecular flexibility index (Phi) is 20.6. The van der Waals surface area contributed by atoms with Gasteiger partial charge < -0.3 is 13.8 Å². The maximum absolute atomic E-state index is 5.86. The highest BCUT2D eigenvalue weighted by molar-refractivity contribution is 7.18. The van der Waals surface area contributed by atoms with Crippen molar-refractivity contribution in [3.63, 3.8) is 0 Å². The number of nitrogens with one attached hydrogen (secondary N) is 1. The fourth-order valence-electron chi connectivity index (χ4n) is 7.05. The lowest BCUT2D eigenvalue weighted by Gasteiger charge is -2.18. The summed E-state index contributed by atoms with van der Waals surface area (Å²) in [5.41, 5.74) is 13.7. The molecule has 400 valence electrons. The van der Waals surface area contributed by atoms with Gasteiger partial charge in [-0.3, -0.25) is 0 Å². The highest BCUT2D eigenvalue weighted by Crippen LogP contribution is 2.35. The Hall–Kier alpha value is -4.82. The zero-order valence-corrected chi connectivity index (χ0v) is 47.4. The van der Waals surface area contributed by atoms with Crippen molar-refractivity contribution in [3.05, 3.63) is 124 Å². The van der Waals surface area contributed by atoms with Gasteiger partial charge in [0.25, 0.3) is 0 Å². The summed E-state index contributed by atoms with van der Waals surface area (Å²) in [5.74, 6) is 1.86. The van der Waals surface area contributed by atoms with Crippen LogP contribution in [0.2, 0.25) is 0 Å². The van der Waals surface area contributed by atoms with E-state index in [1.54, 1.807) is 0 Å². The molecule has 0 spiro atoms. The number of benzene rings is 3. The zero-order chi connectivity index (χ0) is 51.4. The van der Waals surface area contributed by atoms with E-state index in [2.05, 4.69) is 270 Å². The van der Waals surface area contributed by atoms with E-state index in [4.69, 9.17) is 9.40 Å². The number of aromatic amines is 1. The van der Waals surface area contributed by atoms with Gasteiger partial charge in [-0.15, -0.1) is 11.3 Å². The van der Waals surface area contributed by atoms with Crippen LogP contribution in [0.5, 0.6) is 0 Å². The van der Waals surface area contributed by atoms with Gasteiger partial charge in [0, 0.05) is 34.1 Å². The molecule has 1 N–H and O–H groups in total. The normalized spacial score (nSPS) is 12.6. The molecule has 72 heavy (non-hydrogen) atoms. The van der Waals surface area contributed by atoms with Crippen molar-refractivity contribution in [2.24, 2.45) is 0 Å². The molecule has 0 bridgehead atoms. The summed E-state index contributed by atoms with van der Waals surface area (Å²) in [7, 11) is 0. The number of imidazole rings is 2. The minimum absolute atomic E-state index is 0. The molecular formula is C64H102N6OS. The Morgan fingerprint density at radius 2 is 0.889 bits per heavy atom. The molecule has 8 aromatic rings. The van der Waals surface area contributed by atoms with E-state index >= 15 is 0 Å². The topological polar surface area (TPSA) is 84.9 Å². The van der Waals surface area contributed by atoms with E-state index in [-0.39, 0.29) is 73.0 Å². The lowest BCUT2D eigenvalue weighted by molar-refractivity contribution is 0.410. The van der Waals surface area contributed by atoms with Crippen molar-refractivity contribution < 1.29 is 4.42 Å². The minimum Gasteiger partial charge on any atom is -0.440 e. The fraction of sp³-hybridized carbons (Fsp3) is 0.562. The van der Waals surface area contributed by atoms with Gasteiger partial charge in [-0.1, -0.05) is 220 Å². The molecule has 0 saturated heterocycles. The lowest BCUT2D eigenvalue weighted by Crippen LogP contribution is -2.13. The number of hydrogen-bond donors (Lipinski definition) is 1. The van der Waals surface area contributed by atoms with Crippen LogP contribution >= 0.6 is 11.3 Å². The molecule has 0 fully saturated rings. The highest BCUT2D eigenvalue weighted by atomic mass is 32.1. The molecule has 5 aromatic heterocycles. The number of rotatable bonds is 0. The van der Waals surface area contributed by atoms with Crippen LogP contribution in [0.4, 0.5) is 0 Å². The second-order valence-electron chi connectivity index (χ2n) is 27.0. The first-order valence-electron chi connectivity index (χ1n) is 24.5. The standard InChI is InChI=1S/2C15H22N2.C15H21NO.C15H21NS.4CH4/c1-14(2,3)11-7-8-13-16-12(15(4,5)6)10-17(13)9-11;3*1-14(2,3)10-7-8-11-12(9-10)17-13(16-11)15(4,5)6;;;;/h7-10H,1-6H3;7-9H,1-6H3,(H,16,17);2*7-9H,1-6H3;4*1H4. The van der Waals surface area contributed by atoms with Gasteiger partial charge in [0.15, 0.2) is 5.58 Å². The Morgan fingerprint density at radius 3 is 1.36 bits per heavy atom. The maximum atomic E-state index is 5.86. The molecule has 0 aliphatic heterocycles. The van der Waals surface area contributed by atoms with Crippen molar-refractivity contribution >= 4 is 49.3 Å². The number of oxazole rings is 1. The molecule has 0 saturated carbocycles. The van der Waals surface area contributed by atoms with Crippen LogP contribution in [-0.4, -0.2) is 29.3 Å². The molecule has 0 radical (unpaired) electrons. The summed E-state index contributed by atoms with van der Waals surface area (Å²) in [4.78, 5) is 22.0. The lowest BCUT2D eigenvalue weighted by atomic mass is 9.87. The highest BCUT2D eigenvalue weighted by Gasteiger charge is 2.25. The van der Waals surface area contributed by atoms with Crippen LogP contribution in [0.15, 0.2) is 83.5 Å². The predicted octanol–water partition coefficient (Wildman–Crippen LogP) is 19.9. The molecule has 3 aromatic carbocycles. The average Bonchev–Trinajstić information content (AvgIpc) is 3.99. The molecular weight excluding hydrogens is 901 g/mol. The summed E-state index contributed by atoms with van der Waals surface area (Å²) in [6, 6.07) is 23.7. The first-order valence-corrected chi connectivity index (χ1v) is 25.4. The molecule has 0 atom stereocenters. The summed E-state index contributed by atoms with van der Waals surface area (Å²) < 4.78 is 9.30. The predicted molar refractivity (Wildman–Crippen MR) is 321 cm³/mol. The van der Waals surface area contributed by atoms with E-state index in [0.29, 0.717) is 0 Å². The second-order valence-corrected chi connectivity index (χ2v) is 28.1.